The summed E-state index contributed by atoms with van der Waals surface area (Å²) in [4.78, 5) is 27.2. The van der Waals surface area contributed by atoms with Gasteiger partial charge in [-0.1, -0.05) is 30.7 Å². The minimum absolute atomic E-state index is 0.0775. The minimum Gasteiger partial charge on any atom is -0.350 e. The zero-order chi connectivity index (χ0) is 20.4. The van der Waals surface area contributed by atoms with Crippen LogP contribution in [0.25, 0.3) is 0 Å². The second kappa shape index (κ2) is 8.23. The molecule has 1 fully saturated rings. The lowest BCUT2D eigenvalue weighted by molar-refractivity contribution is -0.135. The number of nitrogens with zero attached hydrogens (tertiary/aromatic N) is 2. The summed E-state index contributed by atoms with van der Waals surface area (Å²) < 4.78 is 2.25. The van der Waals surface area contributed by atoms with Crippen LogP contribution < -0.4 is 5.32 Å². The van der Waals surface area contributed by atoms with Gasteiger partial charge >= 0.3 is 0 Å². The first-order valence-electron chi connectivity index (χ1n) is 10.5. The Kier molecular flexibility index (Phi) is 5.68. The zero-order valence-electron chi connectivity index (χ0n) is 16.9. The fraction of sp³-hybridized carbons (Fsp3) is 0.478. The molecule has 29 heavy (non-hydrogen) atoms. The van der Waals surface area contributed by atoms with Gasteiger partial charge < -0.3 is 14.8 Å². The lowest BCUT2D eigenvalue weighted by Gasteiger charge is -2.37. The van der Waals surface area contributed by atoms with Crippen LogP contribution in [-0.2, 0) is 22.6 Å². The molecule has 2 amide bonds. The molecule has 1 saturated heterocycles. The van der Waals surface area contributed by atoms with E-state index in [1.807, 2.05) is 29.2 Å². The van der Waals surface area contributed by atoms with Gasteiger partial charge in [-0.05, 0) is 55.5 Å². The van der Waals surface area contributed by atoms with Crippen LogP contribution in [0, 0.1) is 0 Å². The Morgan fingerprint density at radius 3 is 2.72 bits per heavy atom. The van der Waals surface area contributed by atoms with Crippen molar-refractivity contribution in [3.63, 3.8) is 0 Å². The summed E-state index contributed by atoms with van der Waals surface area (Å²) in [5.41, 5.74) is 2.00. The number of halogens is 1. The number of rotatable bonds is 6. The molecular formula is C23H28ClN3O2. The maximum atomic E-state index is 13.2. The molecule has 0 unspecified atom stereocenters. The Morgan fingerprint density at radius 1 is 1.24 bits per heavy atom. The second-order valence-corrected chi connectivity index (χ2v) is 8.71. The molecule has 2 aromatic rings. The number of nitrogens with one attached hydrogen (secondary N) is 1. The molecule has 6 heteroatoms. The first-order chi connectivity index (χ1) is 14.0. The number of aromatic nitrogens is 1. The van der Waals surface area contributed by atoms with Crippen LogP contribution in [-0.4, -0.2) is 33.4 Å². The van der Waals surface area contributed by atoms with Gasteiger partial charge in [0.25, 0.3) is 0 Å². The van der Waals surface area contributed by atoms with Gasteiger partial charge in [0.1, 0.15) is 0 Å². The Bertz CT molecular complexity index is 892. The third kappa shape index (κ3) is 4.20. The van der Waals surface area contributed by atoms with E-state index in [0.717, 1.165) is 37.9 Å². The average molecular weight is 414 g/mol. The van der Waals surface area contributed by atoms with Crippen molar-refractivity contribution in [2.24, 2.45) is 0 Å². The summed E-state index contributed by atoms with van der Waals surface area (Å²) in [5, 5.41) is 3.88. The van der Waals surface area contributed by atoms with Crippen LogP contribution in [0.3, 0.4) is 0 Å². The van der Waals surface area contributed by atoms with Gasteiger partial charge in [0, 0.05) is 48.4 Å². The molecule has 2 aliphatic rings. The van der Waals surface area contributed by atoms with Crippen LogP contribution in [0.1, 0.15) is 56.3 Å². The second-order valence-electron chi connectivity index (χ2n) is 8.27. The van der Waals surface area contributed by atoms with Crippen LogP contribution in [0.15, 0.2) is 42.6 Å². The highest BCUT2D eigenvalue weighted by molar-refractivity contribution is 6.30. The first kappa shape index (κ1) is 20.0. The molecule has 154 valence electrons. The number of carbonyl (C=O) groups excluding carboxylic acids is 2. The highest BCUT2D eigenvalue weighted by Gasteiger charge is 2.39. The lowest BCUT2D eigenvalue weighted by Crippen LogP contribution is -2.46. The molecule has 0 aliphatic carbocycles. The molecule has 0 saturated carbocycles. The van der Waals surface area contributed by atoms with Crippen molar-refractivity contribution in [2.75, 3.05) is 6.54 Å². The number of hydrogen-bond acceptors (Lipinski definition) is 2. The van der Waals surface area contributed by atoms with Crippen molar-refractivity contribution in [3.05, 3.63) is 58.9 Å². The van der Waals surface area contributed by atoms with Gasteiger partial charge in [0.15, 0.2) is 0 Å². The first-order valence-corrected chi connectivity index (χ1v) is 10.9. The molecule has 0 radical (unpaired) electrons. The molecule has 3 heterocycles. The summed E-state index contributed by atoms with van der Waals surface area (Å²) in [6.07, 6.45) is 6.12. The number of amides is 2. The van der Waals surface area contributed by atoms with E-state index in [1.54, 1.807) is 0 Å². The predicted octanol–water partition coefficient (Wildman–Crippen LogP) is 4.11. The van der Waals surface area contributed by atoms with Gasteiger partial charge in [-0.2, -0.15) is 0 Å². The van der Waals surface area contributed by atoms with Crippen LogP contribution in [0.4, 0.5) is 0 Å². The maximum absolute atomic E-state index is 13.2. The van der Waals surface area contributed by atoms with Crippen molar-refractivity contribution in [1.82, 2.24) is 14.8 Å². The molecule has 0 bridgehead atoms. The number of benzene rings is 1. The molecule has 2 aliphatic heterocycles. The van der Waals surface area contributed by atoms with Gasteiger partial charge in [0.05, 0.1) is 6.04 Å². The summed E-state index contributed by atoms with van der Waals surface area (Å²) in [6, 6.07) is 12.1. The van der Waals surface area contributed by atoms with Gasteiger partial charge in [-0.15, -0.1) is 0 Å². The third-order valence-electron chi connectivity index (χ3n) is 6.38. The van der Waals surface area contributed by atoms with E-state index in [2.05, 4.69) is 35.1 Å². The Hall–Kier alpha value is -2.27. The normalized spacial score (nSPS) is 23.7. The molecule has 0 spiro atoms. The number of carbonyl (C=O) groups is 2. The van der Waals surface area contributed by atoms with Gasteiger partial charge in [-0.25, -0.2) is 0 Å². The molecule has 2 atom stereocenters. The largest absolute Gasteiger partial charge is 0.350 e. The van der Waals surface area contributed by atoms with E-state index in [0.29, 0.717) is 24.3 Å². The van der Waals surface area contributed by atoms with Crippen molar-refractivity contribution in [3.8, 4) is 0 Å². The van der Waals surface area contributed by atoms with Crippen molar-refractivity contribution < 1.29 is 9.59 Å². The molecule has 1 aromatic heterocycles. The Morgan fingerprint density at radius 2 is 2.03 bits per heavy atom. The molecule has 1 N–H and O–H groups in total. The smallest absolute Gasteiger partial charge is 0.223 e. The Labute approximate surface area is 177 Å². The van der Waals surface area contributed by atoms with E-state index < -0.39 is 0 Å². The summed E-state index contributed by atoms with van der Waals surface area (Å²) in [7, 11) is 0. The van der Waals surface area contributed by atoms with Crippen molar-refractivity contribution in [1.29, 1.82) is 0 Å². The quantitative estimate of drug-likeness (QED) is 0.774. The van der Waals surface area contributed by atoms with Gasteiger partial charge in [-0.3, -0.25) is 9.59 Å². The van der Waals surface area contributed by atoms with Crippen LogP contribution >= 0.6 is 11.6 Å². The zero-order valence-corrected chi connectivity index (χ0v) is 17.6. The summed E-state index contributed by atoms with van der Waals surface area (Å²) >= 11 is 6.01. The lowest BCUT2D eigenvalue weighted by atomic mass is 9.84. The molecule has 1 aromatic carbocycles. The maximum Gasteiger partial charge on any atom is 0.223 e. The highest BCUT2D eigenvalue weighted by atomic mass is 35.5. The monoisotopic (exact) mass is 413 g/mol. The number of hydrogen-bond donors (Lipinski definition) is 1. The van der Waals surface area contributed by atoms with Crippen molar-refractivity contribution in [2.45, 2.75) is 63.6 Å². The third-order valence-corrected chi connectivity index (χ3v) is 6.63. The predicted molar refractivity (Wildman–Crippen MR) is 114 cm³/mol. The van der Waals surface area contributed by atoms with E-state index in [9.17, 15) is 9.59 Å². The fourth-order valence-corrected chi connectivity index (χ4v) is 4.98. The standard InChI is InChI=1S/C23H28ClN3O2/c1-2-19-20-4-3-13-26(20)14-15-27(19)22(29)10-12-23(11-9-21(28)25-23)16-17-5-7-18(24)8-6-17/h3-8,13,19H,2,9-12,14-16H2,1H3,(H,25,28)/t19-,23-/m0/s1. The number of fused-ring (bicyclic) bond motifs is 1. The SMILES string of the molecule is CC[C@H]1c2cccn2CCN1C(=O)CC[C@]1(Cc2ccc(Cl)cc2)CCC(=O)N1. The fourth-order valence-electron chi connectivity index (χ4n) is 4.86. The average Bonchev–Trinajstić information content (AvgIpc) is 3.34. The van der Waals surface area contributed by atoms with E-state index >= 15 is 0 Å². The summed E-state index contributed by atoms with van der Waals surface area (Å²) in [5.74, 6) is 0.259. The van der Waals surface area contributed by atoms with Crippen LogP contribution in [0.5, 0.6) is 0 Å². The van der Waals surface area contributed by atoms with E-state index in [-0.39, 0.29) is 23.4 Å². The van der Waals surface area contributed by atoms with E-state index in [4.69, 9.17) is 11.6 Å². The van der Waals surface area contributed by atoms with Crippen molar-refractivity contribution >= 4 is 23.4 Å². The van der Waals surface area contributed by atoms with Gasteiger partial charge in [0.2, 0.25) is 11.8 Å². The Balaban J connectivity index is 1.45. The summed E-state index contributed by atoms with van der Waals surface area (Å²) in [6.45, 7) is 3.72. The van der Waals surface area contributed by atoms with Crippen LogP contribution in [0.2, 0.25) is 5.02 Å². The van der Waals surface area contributed by atoms with E-state index in [1.165, 1.54) is 5.69 Å². The highest BCUT2D eigenvalue weighted by Crippen LogP contribution is 2.33. The minimum atomic E-state index is -0.349. The molecule has 4 rings (SSSR count). The molecular weight excluding hydrogens is 386 g/mol. The topological polar surface area (TPSA) is 54.3 Å². The molecule has 5 nitrogen and oxygen atoms in total.